The molecule has 1 fully saturated rings. The summed E-state index contributed by atoms with van der Waals surface area (Å²) >= 11 is 0. The van der Waals surface area contributed by atoms with Crippen molar-refractivity contribution in [2.24, 2.45) is 11.3 Å². The van der Waals surface area contributed by atoms with Gasteiger partial charge in [-0.15, -0.1) is 0 Å². The fourth-order valence-electron chi connectivity index (χ4n) is 2.53. The predicted octanol–water partition coefficient (Wildman–Crippen LogP) is 2.72. The van der Waals surface area contributed by atoms with Gasteiger partial charge in [-0.3, -0.25) is 0 Å². The third-order valence-electron chi connectivity index (χ3n) is 3.42. The van der Waals surface area contributed by atoms with Crippen LogP contribution in [0, 0.1) is 11.3 Å². The second-order valence-corrected chi connectivity index (χ2v) is 7.82. The fraction of sp³-hybridized carbons (Fsp3) is 1.00. The molecule has 1 aliphatic rings. The number of hydrogen-bond donors (Lipinski definition) is 0. The maximum absolute atomic E-state index is 5.56. The van der Waals surface area contributed by atoms with Gasteiger partial charge in [0.1, 0.15) is 0 Å². The molecule has 0 spiro atoms. The van der Waals surface area contributed by atoms with Crippen molar-refractivity contribution < 1.29 is 8.85 Å². The topological polar surface area (TPSA) is 18.5 Å². The molecule has 1 saturated carbocycles. The molecular formula is C11H24O2Si. The first-order valence-electron chi connectivity index (χ1n) is 5.56. The summed E-state index contributed by atoms with van der Waals surface area (Å²) in [5, 5.41) is 0. The van der Waals surface area contributed by atoms with Crippen LogP contribution in [0.25, 0.3) is 0 Å². The van der Waals surface area contributed by atoms with Gasteiger partial charge in [-0.25, -0.2) is 0 Å². The Labute approximate surface area is 89.8 Å². The van der Waals surface area contributed by atoms with E-state index in [1.54, 1.807) is 14.2 Å². The van der Waals surface area contributed by atoms with Crippen molar-refractivity contribution in [3.63, 3.8) is 0 Å². The Bertz CT molecular complexity index is 169. The van der Waals surface area contributed by atoms with Crippen molar-refractivity contribution >= 4 is 9.28 Å². The van der Waals surface area contributed by atoms with E-state index >= 15 is 0 Å². The molecule has 1 atom stereocenters. The fourth-order valence-corrected chi connectivity index (χ4v) is 4.95. The van der Waals surface area contributed by atoms with Crippen LogP contribution < -0.4 is 0 Å². The highest BCUT2D eigenvalue weighted by Crippen LogP contribution is 2.48. The summed E-state index contributed by atoms with van der Waals surface area (Å²) in [5.41, 5.74) is 0.986. The van der Waals surface area contributed by atoms with Gasteiger partial charge >= 0.3 is 9.28 Å². The first-order valence-corrected chi connectivity index (χ1v) is 7.17. The van der Waals surface area contributed by atoms with Crippen LogP contribution in [0.3, 0.4) is 0 Å². The number of hydrogen-bond acceptors (Lipinski definition) is 2. The molecule has 0 aromatic carbocycles. The van der Waals surface area contributed by atoms with Crippen LogP contribution in [0.15, 0.2) is 0 Å². The molecule has 3 heteroatoms. The molecule has 0 aliphatic heterocycles. The zero-order chi connectivity index (χ0) is 10.8. The van der Waals surface area contributed by atoms with Crippen molar-refractivity contribution in [1.29, 1.82) is 0 Å². The van der Waals surface area contributed by atoms with Crippen molar-refractivity contribution in [2.75, 3.05) is 14.2 Å². The lowest BCUT2D eigenvalue weighted by Gasteiger charge is -2.43. The summed E-state index contributed by atoms with van der Waals surface area (Å²) in [7, 11) is 2.15. The molecule has 0 aromatic rings. The van der Waals surface area contributed by atoms with Crippen molar-refractivity contribution in [3.05, 3.63) is 0 Å². The third kappa shape index (κ3) is 2.58. The van der Waals surface area contributed by atoms with Crippen molar-refractivity contribution in [3.8, 4) is 0 Å². The van der Waals surface area contributed by atoms with Crippen molar-refractivity contribution in [1.82, 2.24) is 0 Å². The minimum atomic E-state index is -1.46. The Hall–Kier alpha value is 0.137. The van der Waals surface area contributed by atoms with E-state index in [0.29, 0.717) is 11.0 Å². The van der Waals surface area contributed by atoms with E-state index in [1.807, 2.05) is 0 Å². The van der Waals surface area contributed by atoms with Gasteiger partial charge in [0.05, 0.1) is 0 Å². The van der Waals surface area contributed by atoms with E-state index in [-0.39, 0.29) is 0 Å². The Morgan fingerprint density at radius 1 is 1.14 bits per heavy atom. The van der Waals surface area contributed by atoms with E-state index in [1.165, 1.54) is 19.3 Å². The molecule has 0 N–H and O–H groups in total. The minimum absolute atomic E-state index is 0.327. The predicted molar refractivity (Wildman–Crippen MR) is 61.7 cm³/mol. The molecule has 0 radical (unpaired) electrons. The van der Waals surface area contributed by atoms with Crippen LogP contribution in [0.5, 0.6) is 0 Å². The molecule has 14 heavy (non-hydrogen) atoms. The van der Waals surface area contributed by atoms with Crippen LogP contribution in [0.4, 0.5) is 0 Å². The second-order valence-electron chi connectivity index (χ2n) is 5.42. The Morgan fingerprint density at radius 3 is 1.86 bits per heavy atom. The van der Waals surface area contributed by atoms with Gasteiger partial charge in [0.2, 0.25) is 0 Å². The molecule has 1 unspecified atom stereocenters. The lowest BCUT2D eigenvalue weighted by atomic mass is 9.74. The Balaban J connectivity index is 2.69. The van der Waals surface area contributed by atoms with Gasteiger partial charge in [-0.05, 0) is 11.3 Å². The molecule has 1 aliphatic carbocycles. The van der Waals surface area contributed by atoms with Gasteiger partial charge in [0.15, 0.2) is 0 Å². The Kier molecular flexibility index (Phi) is 4.16. The standard InChI is InChI=1S/C11H24O2Si/c1-11(2,3)10(9-7-6-8-9)14(12-4)13-5/h9-10,14H,6-8H2,1-5H3. The van der Waals surface area contributed by atoms with Gasteiger partial charge in [0.25, 0.3) is 0 Å². The summed E-state index contributed by atoms with van der Waals surface area (Å²) in [6, 6.07) is 0. The molecule has 0 saturated heterocycles. The monoisotopic (exact) mass is 216 g/mol. The molecular weight excluding hydrogens is 192 g/mol. The van der Waals surface area contributed by atoms with Crippen LogP contribution in [0.1, 0.15) is 40.0 Å². The first-order chi connectivity index (χ1) is 6.50. The summed E-state index contributed by atoms with van der Waals surface area (Å²) in [6.45, 7) is 6.94. The third-order valence-corrected chi connectivity index (χ3v) is 6.48. The summed E-state index contributed by atoms with van der Waals surface area (Å²) < 4.78 is 11.1. The smallest absolute Gasteiger partial charge is 0.324 e. The highest BCUT2D eigenvalue weighted by atomic mass is 28.3. The molecule has 0 heterocycles. The summed E-state index contributed by atoms with van der Waals surface area (Å²) in [5.74, 6) is 0.853. The van der Waals surface area contributed by atoms with Gasteiger partial charge < -0.3 is 8.85 Å². The average molecular weight is 216 g/mol. The lowest BCUT2D eigenvalue weighted by Crippen LogP contribution is -2.41. The quantitative estimate of drug-likeness (QED) is 0.673. The second kappa shape index (κ2) is 4.77. The van der Waals surface area contributed by atoms with E-state index < -0.39 is 9.28 Å². The van der Waals surface area contributed by atoms with Gasteiger partial charge in [-0.2, -0.15) is 0 Å². The molecule has 84 valence electrons. The van der Waals surface area contributed by atoms with Crippen LogP contribution >= 0.6 is 0 Å². The van der Waals surface area contributed by atoms with E-state index in [9.17, 15) is 0 Å². The van der Waals surface area contributed by atoms with Crippen LogP contribution in [-0.2, 0) is 8.85 Å². The zero-order valence-electron chi connectivity index (χ0n) is 10.2. The van der Waals surface area contributed by atoms with Crippen LogP contribution in [0.2, 0.25) is 5.54 Å². The van der Waals surface area contributed by atoms with E-state index in [4.69, 9.17) is 8.85 Å². The van der Waals surface area contributed by atoms with Gasteiger partial charge in [-0.1, -0.05) is 40.0 Å². The van der Waals surface area contributed by atoms with Gasteiger partial charge in [0, 0.05) is 19.8 Å². The van der Waals surface area contributed by atoms with E-state index in [0.717, 1.165) is 5.92 Å². The maximum Gasteiger partial charge on any atom is 0.324 e. The largest absolute Gasteiger partial charge is 0.400 e. The molecule has 0 aromatic heterocycles. The number of rotatable bonds is 4. The normalized spacial score (nSPS) is 21.0. The zero-order valence-corrected chi connectivity index (χ0v) is 11.3. The lowest BCUT2D eigenvalue weighted by molar-refractivity contribution is 0.151. The van der Waals surface area contributed by atoms with Crippen molar-refractivity contribution in [2.45, 2.75) is 45.6 Å². The van der Waals surface area contributed by atoms with Crippen LogP contribution in [-0.4, -0.2) is 23.5 Å². The minimum Gasteiger partial charge on any atom is -0.400 e. The molecule has 1 rings (SSSR count). The molecule has 0 amide bonds. The highest BCUT2D eigenvalue weighted by Gasteiger charge is 2.42. The highest BCUT2D eigenvalue weighted by molar-refractivity contribution is 6.46. The SMILES string of the molecule is CO[SiH](OC)C(C1CCC1)C(C)(C)C. The molecule has 2 nitrogen and oxygen atoms in total. The average Bonchev–Trinajstić information content (AvgIpc) is 1.99. The Morgan fingerprint density at radius 2 is 1.64 bits per heavy atom. The van der Waals surface area contributed by atoms with E-state index in [2.05, 4.69) is 20.8 Å². The molecule has 0 bridgehead atoms. The maximum atomic E-state index is 5.56. The summed E-state index contributed by atoms with van der Waals surface area (Å²) in [4.78, 5) is 0. The summed E-state index contributed by atoms with van der Waals surface area (Å²) in [6.07, 6.45) is 4.14. The first kappa shape index (κ1) is 12.2.